The van der Waals surface area contributed by atoms with Gasteiger partial charge in [-0.1, -0.05) is 6.92 Å². The molecule has 0 aromatic carbocycles. The van der Waals surface area contributed by atoms with Crippen LogP contribution in [0.2, 0.25) is 0 Å². The molecule has 1 heterocycles. The Labute approximate surface area is 116 Å². The summed E-state index contributed by atoms with van der Waals surface area (Å²) < 4.78 is 1.00. The molecule has 1 saturated carbocycles. The van der Waals surface area contributed by atoms with Crippen molar-refractivity contribution in [3.63, 3.8) is 0 Å². The van der Waals surface area contributed by atoms with Crippen LogP contribution in [0.3, 0.4) is 0 Å². The van der Waals surface area contributed by atoms with Crippen LogP contribution in [0.1, 0.15) is 32.6 Å². The van der Waals surface area contributed by atoms with E-state index in [0.717, 1.165) is 29.1 Å². The topological polar surface area (TPSA) is 24.9 Å². The van der Waals surface area contributed by atoms with Crippen molar-refractivity contribution in [3.05, 3.63) is 22.8 Å². The van der Waals surface area contributed by atoms with Gasteiger partial charge in [-0.3, -0.25) is 0 Å². The summed E-state index contributed by atoms with van der Waals surface area (Å²) in [5.41, 5.74) is 0.0188. The number of nitrogens with zero attached hydrogens (tertiary/aromatic N) is 1. The number of pyridine rings is 1. The largest absolute Gasteiger partial charge is 0.362 e. The highest BCUT2D eigenvalue weighted by Gasteiger charge is 2.33. The molecule has 0 saturated heterocycles. The van der Waals surface area contributed by atoms with Gasteiger partial charge in [0, 0.05) is 12.1 Å². The molecule has 0 radical (unpaired) electrons. The van der Waals surface area contributed by atoms with E-state index in [1.807, 2.05) is 12.1 Å². The fourth-order valence-corrected chi connectivity index (χ4v) is 3.02. The Balaban J connectivity index is 2.12. The lowest BCUT2D eigenvalue weighted by molar-refractivity contribution is 0.286. The summed E-state index contributed by atoms with van der Waals surface area (Å²) in [6.07, 6.45) is 6.54. The molecule has 0 aliphatic heterocycles. The molecule has 0 spiro atoms. The van der Waals surface area contributed by atoms with Gasteiger partial charge in [-0.2, -0.15) is 0 Å². The van der Waals surface area contributed by atoms with Crippen molar-refractivity contribution in [2.75, 3.05) is 11.2 Å². The van der Waals surface area contributed by atoms with E-state index >= 15 is 0 Å². The van der Waals surface area contributed by atoms with E-state index in [4.69, 9.17) is 11.6 Å². The molecule has 2 nitrogen and oxygen atoms in total. The third kappa shape index (κ3) is 3.14. The molecule has 4 heteroatoms. The van der Waals surface area contributed by atoms with Crippen molar-refractivity contribution >= 4 is 33.3 Å². The first-order valence-electron chi connectivity index (χ1n) is 6.10. The maximum Gasteiger partial charge on any atom is 0.140 e. The van der Waals surface area contributed by atoms with Gasteiger partial charge in [0.1, 0.15) is 5.82 Å². The quantitative estimate of drug-likeness (QED) is 0.833. The Hall–Kier alpha value is -0.280. The maximum absolute atomic E-state index is 6.18. The van der Waals surface area contributed by atoms with E-state index in [1.165, 1.54) is 12.8 Å². The number of hydrogen-bond acceptors (Lipinski definition) is 2. The summed E-state index contributed by atoms with van der Waals surface area (Å²) >= 11 is 9.70. The van der Waals surface area contributed by atoms with Crippen molar-refractivity contribution in [2.24, 2.45) is 5.92 Å². The van der Waals surface area contributed by atoms with E-state index in [2.05, 4.69) is 33.2 Å². The zero-order valence-corrected chi connectivity index (χ0v) is 12.4. The third-order valence-electron chi connectivity index (χ3n) is 3.63. The van der Waals surface area contributed by atoms with Crippen LogP contribution in [0, 0.1) is 5.92 Å². The summed E-state index contributed by atoms with van der Waals surface area (Å²) in [7, 11) is 0. The molecule has 0 amide bonds. The van der Waals surface area contributed by atoms with Crippen LogP contribution in [0.5, 0.6) is 0 Å². The van der Waals surface area contributed by atoms with Crippen LogP contribution in [-0.2, 0) is 0 Å². The lowest BCUT2D eigenvalue weighted by Crippen LogP contribution is -2.43. The van der Waals surface area contributed by atoms with Gasteiger partial charge in [-0.05, 0) is 59.7 Å². The van der Waals surface area contributed by atoms with Crippen molar-refractivity contribution in [1.29, 1.82) is 0 Å². The average molecular weight is 318 g/mol. The van der Waals surface area contributed by atoms with Gasteiger partial charge < -0.3 is 5.32 Å². The van der Waals surface area contributed by atoms with Crippen molar-refractivity contribution in [3.8, 4) is 0 Å². The molecule has 1 fully saturated rings. The van der Waals surface area contributed by atoms with E-state index in [1.54, 1.807) is 6.20 Å². The third-order valence-corrected chi connectivity index (χ3v) is 4.78. The number of halogens is 2. The second-order valence-corrected chi connectivity index (χ2v) is 6.18. The van der Waals surface area contributed by atoms with Crippen LogP contribution in [0.4, 0.5) is 5.82 Å². The minimum Gasteiger partial charge on any atom is -0.362 e. The zero-order valence-electron chi connectivity index (χ0n) is 10.0. The van der Waals surface area contributed by atoms with E-state index in [9.17, 15) is 0 Å². The van der Waals surface area contributed by atoms with Gasteiger partial charge in [-0.25, -0.2) is 4.98 Å². The number of hydrogen-bond donors (Lipinski definition) is 1. The fraction of sp³-hybridized carbons (Fsp3) is 0.615. The van der Waals surface area contributed by atoms with Gasteiger partial charge in [0.25, 0.3) is 0 Å². The summed E-state index contributed by atoms with van der Waals surface area (Å²) in [5, 5.41) is 3.54. The summed E-state index contributed by atoms with van der Waals surface area (Å²) in [4.78, 5) is 4.37. The number of nitrogens with one attached hydrogen (secondary N) is 1. The van der Waals surface area contributed by atoms with E-state index < -0.39 is 0 Å². The minimum atomic E-state index is 0.0188. The normalized spacial score (nSPS) is 29.0. The van der Waals surface area contributed by atoms with Crippen molar-refractivity contribution < 1.29 is 0 Å². The highest BCUT2D eigenvalue weighted by molar-refractivity contribution is 9.10. The van der Waals surface area contributed by atoms with Gasteiger partial charge in [0.15, 0.2) is 0 Å². The number of rotatable bonds is 3. The smallest absolute Gasteiger partial charge is 0.140 e. The lowest BCUT2D eigenvalue weighted by Gasteiger charge is -2.39. The molecule has 0 bridgehead atoms. The summed E-state index contributed by atoms with van der Waals surface area (Å²) in [5.74, 6) is 2.37. The molecule has 1 N–H and O–H groups in total. The molecule has 2 rings (SSSR count). The lowest BCUT2D eigenvalue weighted by atomic mass is 9.78. The predicted octanol–water partition coefficient (Wildman–Crippen LogP) is 4.44. The van der Waals surface area contributed by atoms with Crippen LogP contribution < -0.4 is 5.32 Å². The number of aromatic nitrogens is 1. The van der Waals surface area contributed by atoms with Gasteiger partial charge >= 0.3 is 0 Å². The van der Waals surface area contributed by atoms with Crippen LogP contribution in [-0.4, -0.2) is 16.4 Å². The van der Waals surface area contributed by atoms with Crippen LogP contribution in [0.25, 0.3) is 0 Å². The zero-order chi connectivity index (χ0) is 12.3. The second-order valence-electron chi connectivity index (χ2n) is 5.06. The molecule has 0 atom stereocenters. The molecule has 1 aliphatic rings. The fourth-order valence-electron chi connectivity index (χ4n) is 2.34. The first kappa shape index (κ1) is 13.2. The van der Waals surface area contributed by atoms with Gasteiger partial charge in [0.05, 0.1) is 10.0 Å². The monoisotopic (exact) mass is 316 g/mol. The maximum atomic E-state index is 6.18. The number of anilines is 1. The first-order chi connectivity index (χ1) is 8.15. The molecule has 1 aromatic rings. The van der Waals surface area contributed by atoms with Crippen LogP contribution >= 0.6 is 27.5 Å². The second kappa shape index (κ2) is 5.57. The highest BCUT2D eigenvalue weighted by Crippen LogP contribution is 2.36. The Bertz CT molecular complexity index is 375. The van der Waals surface area contributed by atoms with E-state index in [0.29, 0.717) is 5.88 Å². The van der Waals surface area contributed by atoms with Gasteiger partial charge in [-0.15, -0.1) is 11.6 Å². The van der Waals surface area contributed by atoms with Crippen molar-refractivity contribution in [1.82, 2.24) is 4.98 Å². The molecule has 1 aromatic heterocycles. The van der Waals surface area contributed by atoms with Gasteiger partial charge in [0.2, 0.25) is 0 Å². The Morgan fingerprint density at radius 2 is 2.24 bits per heavy atom. The molecule has 0 unspecified atom stereocenters. The van der Waals surface area contributed by atoms with Crippen molar-refractivity contribution in [2.45, 2.75) is 38.1 Å². The molecule has 1 aliphatic carbocycles. The predicted molar refractivity (Wildman–Crippen MR) is 76.6 cm³/mol. The molecule has 17 heavy (non-hydrogen) atoms. The standard InChI is InChI=1S/C13H18BrClN2/c1-10-4-6-13(9-15,7-5-10)17-12-11(14)3-2-8-16-12/h2-3,8,10H,4-7,9H2,1H3,(H,16,17). The Kier molecular flexibility index (Phi) is 4.31. The Morgan fingerprint density at radius 3 is 2.82 bits per heavy atom. The minimum absolute atomic E-state index is 0.0188. The Morgan fingerprint density at radius 1 is 1.53 bits per heavy atom. The van der Waals surface area contributed by atoms with Crippen LogP contribution in [0.15, 0.2) is 22.8 Å². The average Bonchev–Trinajstić information content (AvgIpc) is 2.35. The highest BCUT2D eigenvalue weighted by atomic mass is 79.9. The molecular weight excluding hydrogens is 300 g/mol. The van der Waals surface area contributed by atoms with E-state index in [-0.39, 0.29) is 5.54 Å². The summed E-state index contributed by atoms with van der Waals surface area (Å²) in [6.45, 7) is 2.31. The first-order valence-corrected chi connectivity index (χ1v) is 7.43. The summed E-state index contributed by atoms with van der Waals surface area (Å²) in [6, 6.07) is 3.92. The number of alkyl halides is 1. The molecular formula is C13H18BrClN2. The molecule has 94 valence electrons. The SMILES string of the molecule is CC1CCC(CCl)(Nc2ncccc2Br)CC1.